The fourth-order valence-corrected chi connectivity index (χ4v) is 4.14. The topological polar surface area (TPSA) is 80.5 Å². The minimum atomic E-state index is 0.0572. The van der Waals surface area contributed by atoms with E-state index in [9.17, 15) is 4.79 Å². The van der Waals surface area contributed by atoms with E-state index < -0.39 is 0 Å². The molecule has 0 atom stereocenters. The molecule has 0 saturated carbocycles. The van der Waals surface area contributed by atoms with E-state index in [2.05, 4.69) is 48.5 Å². The molecule has 134 valence electrons. The Kier molecular flexibility index (Phi) is 4.36. The molecule has 1 aromatic carbocycles. The summed E-state index contributed by atoms with van der Waals surface area (Å²) < 4.78 is 1.57. The van der Waals surface area contributed by atoms with Crippen LogP contribution in [0, 0.1) is 0 Å². The molecule has 7 nitrogen and oxygen atoms in total. The van der Waals surface area contributed by atoms with Crippen molar-refractivity contribution in [3.05, 3.63) is 36.2 Å². The fourth-order valence-electron chi connectivity index (χ4n) is 4.14. The highest BCUT2D eigenvalue weighted by Crippen LogP contribution is 2.26. The van der Waals surface area contributed by atoms with Gasteiger partial charge in [-0.1, -0.05) is 0 Å². The second-order valence-corrected chi connectivity index (χ2v) is 8.40. The van der Waals surface area contributed by atoms with Gasteiger partial charge in [-0.15, -0.1) is 5.10 Å². The first kappa shape index (κ1) is 17.5. The standard InChI is InChI=1S/C18H26N6O/c1-17(2)10-15(11-18(3,4)20-17)23(5)16(25)13-6-8-14(9-7-13)24-12-19-21-22-24/h6-9,12,15,20H,10-11H2,1-5H3/p+1. The SMILES string of the molecule is CN(C(=O)c1ccc(-n2cnnn2)cc1)C1CC(C)(C)[NH2+]C(C)(C)C1. The maximum absolute atomic E-state index is 12.9. The molecule has 3 rings (SSSR count). The number of quaternary nitrogens is 1. The van der Waals surface area contributed by atoms with Crippen molar-refractivity contribution >= 4 is 5.91 Å². The van der Waals surface area contributed by atoms with Crippen molar-refractivity contribution in [2.24, 2.45) is 0 Å². The van der Waals surface area contributed by atoms with Crippen LogP contribution in [0.5, 0.6) is 0 Å². The number of benzene rings is 1. The third kappa shape index (κ3) is 3.87. The summed E-state index contributed by atoms with van der Waals surface area (Å²) in [5, 5.41) is 13.5. The quantitative estimate of drug-likeness (QED) is 0.902. The Morgan fingerprint density at radius 3 is 2.28 bits per heavy atom. The fraction of sp³-hybridized carbons (Fsp3) is 0.556. The van der Waals surface area contributed by atoms with Crippen molar-refractivity contribution < 1.29 is 10.1 Å². The van der Waals surface area contributed by atoms with Crippen LogP contribution < -0.4 is 5.32 Å². The van der Waals surface area contributed by atoms with Gasteiger partial charge in [0.25, 0.3) is 5.91 Å². The zero-order valence-corrected chi connectivity index (χ0v) is 15.6. The lowest BCUT2D eigenvalue weighted by atomic mass is 9.79. The first-order chi connectivity index (χ1) is 11.7. The van der Waals surface area contributed by atoms with Gasteiger partial charge >= 0.3 is 0 Å². The Balaban J connectivity index is 1.76. The van der Waals surface area contributed by atoms with Crippen LogP contribution in [0.4, 0.5) is 0 Å². The van der Waals surface area contributed by atoms with Gasteiger partial charge < -0.3 is 10.2 Å². The van der Waals surface area contributed by atoms with Crippen LogP contribution in [-0.2, 0) is 0 Å². The number of carbonyl (C=O) groups is 1. The average Bonchev–Trinajstić information content (AvgIpc) is 3.05. The first-order valence-corrected chi connectivity index (χ1v) is 8.65. The van der Waals surface area contributed by atoms with Crippen molar-refractivity contribution in [2.75, 3.05) is 7.05 Å². The van der Waals surface area contributed by atoms with Gasteiger partial charge in [-0.25, -0.2) is 4.68 Å². The predicted molar refractivity (Wildman–Crippen MR) is 94.4 cm³/mol. The molecule has 1 amide bonds. The molecule has 0 radical (unpaired) electrons. The number of nitrogens with two attached hydrogens (primary N) is 1. The smallest absolute Gasteiger partial charge is 0.253 e. The van der Waals surface area contributed by atoms with E-state index in [1.165, 1.54) is 6.33 Å². The third-order valence-corrected chi connectivity index (χ3v) is 4.90. The Labute approximate surface area is 148 Å². The lowest BCUT2D eigenvalue weighted by molar-refractivity contribution is -0.788. The Bertz CT molecular complexity index is 719. The molecule has 7 heteroatoms. The number of rotatable bonds is 3. The number of hydrogen-bond acceptors (Lipinski definition) is 4. The molecule has 1 saturated heterocycles. The van der Waals surface area contributed by atoms with Gasteiger partial charge in [0.15, 0.2) is 0 Å². The molecule has 0 unspecified atom stereocenters. The van der Waals surface area contributed by atoms with Crippen LogP contribution in [0.15, 0.2) is 30.6 Å². The van der Waals surface area contributed by atoms with Gasteiger partial charge in [-0.2, -0.15) is 0 Å². The van der Waals surface area contributed by atoms with Crippen LogP contribution in [0.1, 0.15) is 50.9 Å². The second-order valence-electron chi connectivity index (χ2n) is 8.40. The Morgan fingerprint density at radius 1 is 1.16 bits per heavy atom. The minimum absolute atomic E-state index is 0.0572. The summed E-state index contributed by atoms with van der Waals surface area (Å²) in [4.78, 5) is 14.8. The highest BCUT2D eigenvalue weighted by atomic mass is 16.2. The lowest BCUT2D eigenvalue weighted by Crippen LogP contribution is -3.06. The van der Waals surface area contributed by atoms with Crippen LogP contribution in [0.25, 0.3) is 5.69 Å². The van der Waals surface area contributed by atoms with E-state index in [0.29, 0.717) is 5.56 Å². The van der Waals surface area contributed by atoms with Gasteiger partial charge in [-0.05, 0) is 62.4 Å². The summed E-state index contributed by atoms with van der Waals surface area (Å²) in [5.74, 6) is 0.0572. The highest BCUT2D eigenvalue weighted by molar-refractivity contribution is 5.94. The maximum atomic E-state index is 12.9. The van der Waals surface area contributed by atoms with Gasteiger partial charge in [0.1, 0.15) is 6.33 Å². The van der Waals surface area contributed by atoms with E-state index in [4.69, 9.17) is 0 Å². The van der Waals surface area contributed by atoms with Crippen LogP contribution in [-0.4, -0.2) is 55.2 Å². The summed E-state index contributed by atoms with van der Waals surface area (Å²) in [5.41, 5.74) is 1.78. The average molecular weight is 343 g/mol. The largest absolute Gasteiger partial charge is 0.338 e. The van der Waals surface area contributed by atoms with Crippen molar-refractivity contribution in [2.45, 2.75) is 57.7 Å². The Morgan fingerprint density at radius 2 is 1.76 bits per heavy atom. The van der Waals surface area contributed by atoms with Crippen molar-refractivity contribution in [3.63, 3.8) is 0 Å². The molecule has 2 N–H and O–H groups in total. The number of tetrazole rings is 1. The number of hydrogen-bond donors (Lipinski definition) is 1. The van der Waals surface area contributed by atoms with E-state index in [1.54, 1.807) is 4.68 Å². The summed E-state index contributed by atoms with van der Waals surface area (Å²) in [6.07, 6.45) is 3.51. The zero-order chi connectivity index (χ0) is 18.2. The maximum Gasteiger partial charge on any atom is 0.253 e. The number of amides is 1. The monoisotopic (exact) mass is 343 g/mol. The Hall–Kier alpha value is -2.28. The molecule has 1 aromatic heterocycles. The molecule has 2 aromatic rings. The molecule has 25 heavy (non-hydrogen) atoms. The van der Waals surface area contributed by atoms with Gasteiger partial charge in [0.05, 0.1) is 16.8 Å². The normalized spacial score (nSPS) is 19.6. The number of nitrogens with zero attached hydrogens (tertiary/aromatic N) is 5. The molecule has 1 fully saturated rings. The molecule has 1 aliphatic heterocycles. The van der Waals surface area contributed by atoms with E-state index in [-0.39, 0.29) is 23.0 Å². The molecular formula is C18H27N6O+. The predicted octanol–water partition coefficient (Wildman–Crippen LogP) is 1.02. The van der Waals surface area contributed by atoms with E-state index in [1.807, 2.05) is 36.2 Å². The highest BCUT2D eigenvalue weighted by Gasteiger charge is 2.43. The molecule has 0 aliphatic carbocycles. The molecule has 2 heterocycles. The van der Waals surface area contributed by atoms with Crippen LogP contribution in [0.2, 0.25) is 0 Å². The first-order valence-electron chi connectivity index (χ1n) is 8.65. The lowest BCUT2D eigenvalue weighted by Gasteiger charge is -2.45. The summed E-state index contributed by atoms with van der Waals surface area (Å²) in [6, 6.07) is 7.63. The second kappa shape index (κ2) is 6.22. The van der Waals surface area contributed by atoms with E-state index in [0.717, 1.165) is 18.5 Å². The molecule has 1 aliphatic rings. The number of carbonyl (C=O) groups excluding carboxylic acids is 1. The van der Waals surface area contributed by atoms with Crippen LogP contribution in [0.3, 0.4) is 0 Å². The molecule has 0 bridgehead atoms. The molecule has 0 spiro atoms. The van der Waals surface area contributed by atoms with Crippen LogP contribution >= 0.6 is 0 Å². The summed E-state index contributed by atoms with van der Waals surface area (Å²) in [6.45, 7) is 9.00. The summed E-state index contributed by atoms with van der Waals surface area (Å²) in [7, 11) is 1.92. The summed E-state index contributed by atoms with van der Waals surface area (Å²) >= 11 is 0. The third-order valence-electron chi connectivity index (χ3n) is 4.90. The van der Waals surface area contributed by atoms with E-state index >= 15 is 0 Å². The van der Waals surface area contributed by atoms with Gasteiger partial charge in [-0.3, -0.25) is 4.79 Å². The van der Waals surface area contributed by atoms with Crippen molar-refractivity contribution in [3.8, 4) is 5.69 Å². The molecular weight excluding hydrogens is 316 g/mol. The van der Waals surface area contributed by atoms with Gasteiger partial charge in [0.2, 0.25) is 0 Å². The number of aromatic nitrogens is 4. The van der Waals surface area contributed by atoms with Crippen molar-refractivity contribution in [1.29, 1.82) is 0 Å². The zero-order valence-electron chi connectivity index (χ0n) is 15.6. The van der Waals surface area contributed by atoms with Gasteiger partial charge in [0, 0.05) is 31.5 Å². The minimum Gasteiger partial charge on any atom is -0.338 e. The van der Waals surface area contributed by atoms with Crippen molar-refractivity contribution in [1.82, 2.24) is 25.1 Å². The number of piperidine rings is 1.